The molecule has 9 aliphatic rings. The molecule has 3 heterocycles. The van der Waals surface area contributed by atoms with Crippen LogP contribution in [0.15, 0.2) is 121 Å². The van der Waals surface area contributed by atoms with Crippen LogP contribution in [0.4, 0.5) is 11.4 Å². The molecule has 101 heavy (non-hydrogen) atoms. The van der Waals surface area contributed by atoms with Gasteiger partial charge in [0.2, 0.25) is 12.0 Å². The molecule has 15 atom stereocenters. The second-order valence-electron chi connectivity index (χ2n) is 31.5. The summed E-state index contributed by atoms with van der Waals surface area (Å²) in [6.45, 7) is 13.4. The lowest BCUT2D eigenvalue weighted by atomic mass is 9.55. The number of aliphatic hydroxyl groups is 6. The Morgan fingerprint density at radius 2 is 1.15 bits per heavy atom. The summed E-state index contributed by atoms with van der Waals surface area (Å²) in [7, 11) is -8.77. The number of ether oxygens (including phenoxy) is 3. The number of esters is 2. The van der Waals surface area contributed by atoms with Gasteiger partial charge in [0, 0.05) is 59.0 Å². The van der Waals surface area contributed by atoms with Crippen molar-refractivity contribution in [3.05, 3.63) is 166 Å². The van der Waals surface area contributed by atoms with Crippen LogP contribution in [0.1, 0.15) is 197 Å². The van der Waals surface area contributed by atoms with E-state index in [9.17, 15) is 56.0 Å². The smallest absolute Gasteiger partial charge is 0.343 e. The summed E-state index contributed by atoms with van der Waals surface area (Å²) in [5.41, 5.74) is 13.6. The Morgan fingerprint density at radius 3 is 1.70 bits per heavy atom. The minimum atomic E-state index is -4.39. The molecule has 0 amide bonds. The van der Waals surface area contributed by atoms with E-state index in [0.717, 1.165) is 111 Å². The van der Waals surface area contributed by atoms with Gasteiger partial charge in [-0.05, 0) is 245 Å². The summed E-state index contributed by atoms with van der Waals surface area (Å²) in [5, 5.41) is 58.0. The van der Waals surface area contributed by atoms with Crippen LogP contribution in [0, 0.1) is 34.5 Å². The molecule has 0 bridgehead atoms. The molecule has 0 spiro atoms. The fourth-order valence-corrected chi connectivity index (χ4v) is 20.5. The quantitative estimate of drug-likeness (QED) is 0.0115. The van der Waals surface area contributed by atoms with Gasteiger partial charge in [0.25, 0.3) is 0 Å². The molecule has 13 rings (SSSR count). The molecule has 1 saturated heterocycles. The van der Waals surface area contributed by atoms with Crippen molar-refractivity contribution in [2.45, 2.75) is 210 Å². The van der Waals surface area contributed by atoms with Crippen molar-refractivity contribution in [2.24, 2.45) is 34.5 Å². The predicted molar refractivity (Wildman–Crippen MR) is 380 cm³/mol. The van der Waals surface area contributed by atoms with Crippen molar-refractivity contribution < 1.29 is 90.7 Å². The average Bonchev–Trinajstić information content (AvgIpc) is 1.71. The summed E-state index contributed by atoms with van der Waals surface area (Å²) < 4.78 is 88.6. The standard InChI is InChI=1S/C73H88N2O12S2.C6H13NO5/c1-70(2)60-44-48(68(78)86-50-22-26-52-46(42-50)18-24-56-54(52)34-36-72(5)58(56)28-32-66(72)76)20-30-62(60)74(38-12-14-40-88(80,81)82)64(70)16-10-8-7-9-11-17-65-71(3,4)61-45-49(21-31-63(61)75(65)39-13-15-41-89(83,84)85)69(79)87-51-23-27-53-47(43-51)19-25-57-55(53)35-37-73(6)59(57)29-33-67(73)77;7-3-5(10)4(9)2(1-8)12-6(3)11/h7-11,16-17,20-23,26-27,30-31,42-45,54-59,66-67,76-77H,12-15,18-19,24-25,28-29,32-41H2,1-6H3,(H-,80,81,82,83,84,85);2-6,8-11H,1,7H2/t54?,55?,56?,57?,58?,59?,66-,67-,72-,73-;2?,3?,4-,5+,6?/m01/s1. The first kappa shape index (κ1) is 74.5. The van der Waals surface area contributed by atoms with Gasteiger partial charge in [0.1, 0.15) is 36.4 Å². The Balaban J connectivity index is 0.000000730. The maximum atomic E-state index is 14.0. The minimum Gasteiger partial charge on any atom is -0.748 e. The first-order valence-corrected chi connectivity index (χ1v) is 39.5. The van der Waals surface area contributed by atoms with E-state index in [2.05, 4.69) is 68.9 Å². The molecule has 4 aromatic rings. The number of hydrogen-bond donors (Lipinski definition) is 7. The van der Waals surface area contributed by atoms with E-state index < -0.39 is 91.8 Å². The van der Waals surface area contributed by atoms with E-state index in [1.807, 2.05) is 91.1 Å². The maximum absolute atomic E-state index is 14.0. The molecule has 3 aliphatic heterocycles. The molecule has 9 unspecified atom stereocenters. The maximum Gasteiger partial charge on any atom is 0.343 e. The molecule has 22 heteroatoms. The van der Waals surface area contributed by atoms with Crippen molar-refractivity contribution in [2.75, 3.05) is 36.1 Å². The zero-order valence-electron chi connectivity index (χ0n) is 58.9. The number of benzene rings is 4. The Morgan fingerprint density at radius 1 is 0.624 bits per heavy atom. The van der Waals surface area contributed by atoms with Gasteiger partial charge in [-0.1, -0.05) is 70.2 Å². The van der Waals surface area contributed by atoms with Gasteiger partial charge in [-0.15, -0.1) is 0 Å². The molecule has 5 fully saturated rings. The van der Waals surface area contributed by atoms with Gasteiger partial charge >= 0.3 is 11.9 Å². The zero-order valence-corrected chi connectivity index (χ0v) is 60.5. The van der Waals surface area contributed by atoms with E-state index in [1.165, 1.54) is 22.3 Å². The SMILES string of the molecule is CC1(C)C(/C=C/C=C/C=C/C=C2\N(CCCCS(=O)(=O)[O-])c3ccc(C(=O)Oc4ccc5c(c4)CCC4C5CC[C@@]5(C)C4CC[C@@H]5O)cc3C2(C)C)=[N+](CCCCS(=O)(=O)[O-])c2ccc(C(=O)Oc3ccc4c(c3)CCC3C4CC[C@@]4(C)C3CC[C@@H]4O)cc21.[NH3+]C1C(O)OC(CO)[C@@H](O)[C@H]1O. The van der Waals surface area contributed by atoms with Gasteiger partial charge in [0.05, 0.1) is 55.6 Å². The zero-order chi connectivity index (χ0) is 72.3. The number of aliphatic hydroxyl groups excluding tert-OH is 6. The number of carbonyl (C=O) groups excluding carboxylic acids is 2. The first-order chi connectivity index (χ1) is 47.8. The average molecular weight is 1430 g/mol. The van der Waals surface area contributed by atoms with Crippen LogP contribution in [0.5, 0.6) is 11.5 Å². The molecule has 4 saturated carbocycles. The molecular weight excluding hydrogens is 1330 g/mol. The third-order valence-corrected chi connectivity index (χ3v) is 26.6. The fraction of sp³-hybridized carbons (Fsp3) is 0.557. The van der Waals surface area contributed by atoms with Crippen molar-refractivity contribution in [1.82, 2.24) is 0 Å². The second-order valence-corrected chi connectivity index (χ2v) is 34.6. The van der Waals surface area contributed by atoms with Gasteiger partial charge in [0.15, 0.2) is 11.8 Å². The summed E-state index contributed by atoms with van der Waals surface area (Å²) >= 11 is 0. The summed E-state index contributed by atoms with van der Waals surface area (Å²) in [4.78, 5) is 30.2. The third kappa shape index (κ3) is 15.0. The summed E-state index contributed by atoms with van der Waals surface area (Å²) in [6, 6.07) is 22.6. The predicted octanol–water partition coefficient (Wildman–Crippen LogP) is 8.96. The van der Waals surface area contributed by atoms with Crippen LogP contribution < -0.4 is 20.1 Å². The van der Waals surface area contributed by atoms with Crippen LogP contribution in [-0.2, 0) is 48.6 Å². The molecular formula is C79H101N3O17S2. The van der Waals surface area contributed by atoms with E-state index in [4.69, 9.17) is 24.4 Å². The molecule has 20 nitrogen and oxygen atoms in total. The third-order valence-electron chi connectivity index (χ3n) is 25.0. The van der Waals surface area contributed by atoms with Gasteiger partial charge in [-0.3, -0.25) is 0 Å². The van der Waals surface area contributed by atoms with Crippen molar-refractivity contribution in [1.29, 1.82) is 0 Å². The van der Waals surface area contributed by atoms with Crippen molar-refractivity contribution in [3.8, 4) is 11.5 Å². The minimum absolute atomic E-state index is 0.00156. The van der Waals surface area contributed by atoms with Crippen LogP contribution in [0.2, 0.25) is 0 Å². The van der Waals surface area contributed by atoms with E-state index >= 15 is 0 Å². The Labute approximate surface area is 594 Å². The van der Waals surface area contributed by atoms with Gasteiger partial charge in [-0.25, -0.2) is 26.4 Å². The normalized spacial score (nSPS) is 31.8. The molecule has 0 radical (unpaired) electrons. The highest BCUT2D eigenvalue weighted by molar-refractivity contribution is 7.85. The van der Waals surface area contributed by atoms with Crippen LogP contribution >= 0.6 is 0 Å². The molecule has 546 valence electrons. The van der Waals surface area contributed by atoms with Crippen LogP contribution in [-0.4, -0.2) is 153 Å². The summed E-state index contributed by atoms with van der Waals surface area (Å²) in [5.74, 6) is 2.26. The summed E-state index contributed by atoms with van der Waals surface area (Å²) in [6.07, 6.45) is 22.0. The van der Waals surface area contributed by atoms with Crippen molar-refractivity contribution in [3.63, 3.8) is 0 Å². The number of quaternary nitrogens is 1. The number of rotatable bonds is 19. The van der Waals surface area contributed by atoms with E-state index in [-0.39, 0.29) is 35.9 Å². The molecule has 0 aromatic heterocycles. The molecule has 4 aromatic carbocycles. The molecule has 6 aliphatic carbocycles. The Hall–Kier alpha value is -6.25. The lowest BCUT2D eigenvalue weighted by molar-refractivity contribution is -0.497. The van der Waals surface area contributed by atoms with E-state index in [0.29, 0.717) is 84.1 Å². The number of unbranched alkanes of at least 4 members (excludes halogenated alkanes) is 2. The van der Waals surface area contributed by atoms with Gasteiger partial charge < -0.3 is 64.6 Å². The number of allylic oxidation sites excluding steroid dienone is 8. The number of aryl methyl sites for hydroxylation is 2. The Kier molecular flexibility index (Phi) is 21.6. The van der Waals surface area contributed by atoms with Crippen molar-refractivity contribution >= 4 is 49.3 Å². The number of fused-ring (bicyclic) bond motifs is 12. The monoisotopic (exact) mass is 1430 g/mol. The Bertz CT molecular complexity index is 4190. The molecule has 9 N–H and O–H groups in total. The van der Waals surface area contributed by atoms with Gasteiger partial charge in [-0.2, -0.15) is 4.58 Å². The fourth-order valence-electron chi connectivity index (χ4n) is 19.3. The van der Waals surface area contributed by atoms with E-state index in [1.54, 1.807) is 12.1 Å². The highest BCUT2D eigenvalue weighted by atomic mass is 32.2. The topological polar surface area (TPSA) is 332 Å². The second kappa shape index (κ2) is 29.4. The number of nitrogens with zero attached hydrogens (tertiary/aromatic N) is 2. The lowest BCUT2D eigenvalue weighted by Gasteiger charge is -2.50. The highest BCUT2D eigenvalue weighted by Gasteiger charge is 2.56. The van der Waals surface area contributed by atoms with Crippen LogP contribution in [0.3, 0.4) is 0 Å². The first-order valence-electron chi connectivity index (χ1n) is 36.3. The largest absolute Gasteiger partial charge is 0.748 e. The lowest BCUT2D eigenvalue weighted by Crippen LogP contribution is -2.77. The van der Waals surface area contributed by atoms with Crippen LogP contribution in [0.25, 0.3) is 0 Å². The number of hydrogen-bond acceptors (Lipinski definition) is 18. The highest BCUT2D eigenvalue weighted by Crippen LogP contribution is 2.63. The number of anilines is 1. The number of carbonyl (C=O) groups is 2.